The first kappa shape index (κ1) is 40.3. The summed E-state index contributed by atoms with van der Waals surface area (Å²) >= 11 is 0. The highest BCUT2D eigenvalue weighted by molar-refractivity contribution is 5.50. The van der Waals surface area contributed by atoms with Crippen molar-refractivity contribution >= 4 is 6.29 Å². The number of unbranched alkanes of at least 4 members (excludes halogenated alkanes) is 2. The summed E-state index contributed by atoms with van der Waals surface area (Å²) in [5.74, 6) is 0. The molecule has 0 radical (unpaired) electrons. The van der Waals surface area contributed by atoms with Crippen LogP contribution >= 0.6 is 0 Å². The van der Waals surface area contributed by atoms with E-state index in [9.17, 15) is 4.79 Å². The predicted molar refractivity (Wildman–Crippen MR) is 120 cm³/mol. The molecule has 0 aromatic rings. The van der Waals surface area contributed by atoms with Gasteiger partial charge in [-0.15, -0.1) is 0 Å². The van der Waals surface area contributed by atoms with E-state index in [0.29, 0.717) is 13.2 Å². The smallest absolute Gasteiger partial charge is 0.145 e. The van der Waals surface area contributed by atoms with Crippen molar-refractivity contribution in [3.63, 3.8) is 0 Å². The Labute approximate surface area is 166 Å². The molecule has 0 saturated heterocycles. The maximum atomic E-state index is 9.69. The van der Waals surface area contributed by atoms with E-state index in [2.05, 4.69) is 12.2 Å². The van der Waals surface area contributed by atoms with E-state index < -0.39 is 0 Å². The number of aldehydes is 1. The van der Waals surface area contributed by atoms with E-state index in [1.165, 1.54) is 12.8 Å². The molecule has 0 heterocycles. The van der Waals surface area contributed by atoms with Gasteiger partial charge in [-0.2, -0.15) is 0 Å². The summed E-state index contributed by atoms with van der Waals surface area (Å²) in [5.41, 5.74) is 5.22. The molecule has 0 aromatic carbocycles. The van der Waals surface area contributed by atoms with Gasteiger partial charge < -0.3 is 25.3 Å². The zero-order chi connectivity index (χ0) is 20.6. The lowest BCUT2D eigenvalue weighted by Gasteiger charge is -2.01. The lowest BCUT2D eigenvalue weighted by Crippen LogP contribution is -2.08. The van der Waals surface area contributed by atoms with E-state index in [0.717, 1.165) is 45.3 Å². The van der Waals surface area contributed by atoms with Gasteiger partial charge in [0.25, 0.3) is 0 Å². The first-order valence-corrected chi connectivity index (χ1v) is 10.3. The Morgan fingerprint density at radius 2 is 1.35 bits per heavy atom. The lowest BCUT2D eigenvalue weighted by atomic mass is 10.3. The third-order valence-electron chi connectivity index (χ3n) is 2.24. The van der Waals surface area contributed by atoms with E-state index >= 15 is 0 Å². The van der Waals surface area contributed by atoms with Gasteiger partial charge in [0, 0.05) is 19.8 Å². The molecule has 0 unspecified atom stereocenters. The number of hydrogen-bond donors (Lipinski definition) is 2. The van der Waals surface area contributed by atoms with Gasteiger partial charge in [0.2, 0.25) is 0 Å². The first-order chi connectivity index (χ1) is 12.3. The van der Waals surface area contributed by atoms with Crippen LogP contribution in [0.2, 0.25) is 0 Å². The molecule has 3 N–H and O–H groups in total. The number of ether oxygens (including phenoxy) is 2. The van der Waals surface area contributed by atoms with Crippen molar-refractivity contribution < 1.29 is 14.3 Å². The average Bonchev–Trinajstić information content (AvgIpc) is 2.70. The summed E-state index contributed by atoms with van der Waals surface area (Å²) in [5, 5.41) is 3.10. The van der Waals surface area contributed by atoms with E-state index in [4.69, 9.17) is 15.2 Å². The molecule has 0 aliphatic rings. The van der Waals surface area contributed by atoms with Gasteiger partial charge in [-0.05, 0) is 52.2 Å². The summed E-state index contributed by atoms with van der Waals surface area (Å²) in [6.07, 6.45) is 6.21. The standard InChI is InChI=1S/C8H19NO.C6H13NO2.3C2H6.CH4/c1-3-7-10-8-5-4-6-9-2;7-3-1-2-5-9-6-4-8;3*1-2;/h9H,3-8H2,1-2H3;4H,1-3,5-7H2;3*1-2H3;1H4. The quantitative estimate of drug-likeness (QED) is 0.344. The fourth-order valence-corrected chi connectivity index (χ4v) is 1.23. The Hall–Kier alpha value is -0.490. The molecule has 0 saturated carbocycles. The number of carbonyl (C=O) groups excluding carboxylic acids is 1. The van der Waals surface area contributed by atoms with Gasteiger partial charge in [0.15, 0.2) is 0 Å². The summed E-state index contributed by atoms with van der Waals surface area (Å²) in [6.45, 7) is 18.6. The molecule has 0 aliphatic heterocycles. The molecule has 0 aliphatic carbocycles. The van der Waals surface area contributed by atoms with Crippen molar-refractivity contribution in [3.05, 3.63) is 0 Å². The molecule has 5 heteroatoms. The monoisotopic (exact) mass is 382 g/mol. The van der Waals surface area contributed by atoms with Crippen LogP contribution in [0.5, 0.6) is 0 Å². The maximum absolute atomic E-state index is 9.69. The third-order valence-corrected chi connectivity index (χ3v) is 2.24. The minimum Gasteiger partial charge on any atom is -0.381 e. The molecule has 26 heavy (non-hydrogen) atoms. The summed E-state index contributed by atoms with van der Waals surface area (Å²) < 4.78 is 10.2. The number of rotatable bonds is 13. The molecule has 0 aromatic heterocycles. The third kappa shape index (κ3) is 76.1. The van der Waals surface area contributed by atoms with Crippen LogP contribution in [-0.4, -0.2) is 52.9 Å². The topological polar surface area (TPSA) is 73.6 Å². The van der Waals surface area contributed by atoms with Crippen molar-refractivity contribution in [2.24, 2.45) is 5.73 Å². The number of hydrogen-bond acceptors (Lipinski definition) is 5. The van der Waals surface area contributed by atoms with Crippen molar-refractivity contribution in [1.82, 2.24) is 5.32 Å². The van der Waals surface area contributed by atoms with E-state index in [1.807, 2.05) is 48.6 Å². The summed E-state index contributed by atoms with van der Waals surface area (Å²) in [6, 6.07) is 0. The average molecular weight is 383 g/mol. The Morgan fingerprint density at radius 1 is 0.846 bits per heavy atom. The molecular formula is C21H54N2O3. The largest absolute Gasteiger partial charge is 0.381 e. The molecule has 0 bridgehead atoms. The number of nitrogens with two attached hydrogens (primary N) is 1. The van der Waals surface area contributed by atoms with Crippen LogP contribution < -0.4 is 11.1 Å². The fraction of sp³-hybridized carbons (Fsp3) is 0.952. The Balaban J connectivity index is -0.0000000579. The highest BCUT2D eigenvalue weighted by Gasteiger charge is 1.86. The molecule has 0 amide bonds. The van der Waals surface area contributed by atoms with Crippen LogP contribution in [0, 0.1) is 0 Å². The van der Waals surface area contributed by atoms with Crippen LogP contribution in [0.25, 0.3) is 0 Å². The van der Waals surface area contributed by atoms with Crippen LogP contribution in [-0.2, 0) is 14.3 Å². The van der Waals surface area contributed by atoms with Gasteiger partial charge in [-0.25, -0.2) is 0 Å². The molecule has 0 fully saturated rings. The van der Waals surface area contributed by atoms with Gasteiger partial charge >= 0.3 is 0 Å². The van der Waals surface area contributed by atoms with Crippen LogP contribution in [0.4, 0.5) is 0 Å². The van der Waals surface area contributed by atoms with Crippen molar-refractivity contribution in [3.8, 4) is 0 Å². The number of carbonyl (C=O) groups is 1. The first-order valence-electron chi connectivity index (χ1n) is 10.3. The second-order valence-corrected chi connectivity index (χ2v) is 4.16. The SMILES string of the molecule is C.CC.CC.CC.CCCOCCCCNC.NCCCCOCC=O. The molecule has 0 atom stereocenters. The van der Waals surface area contributed by atoms with E-state index in [-0.39, 0.29) is 14.0 Å². The van der Waals surface area contributed by atoms with Gasteiger partial charge in [0.05, 0.1) is 0 Å². The van der Waals surface area contributed by atoms with Gasteiger partial charge in [-0.1, -0.05) is 55.9 Å². The van der Waals surface area contributed by atoms with Crippen LogP contribution in [0.1, 0.15) is 88.0 Å². The van der Waals surface area contributed by atoms with Gasteiger partial charge in [-0.3, -0.25) is 0 Å². The zero-order valence-corrected chi connectivity index (χ0v) is 18.7. The Morgan fingerprint density at radius 3 is 1.77 bits per heavy atom. The van der Waals surface area contributed by atoms with Crippen LogP contribution in [0.15, 0.2) is 0 Å². The normalized spacial score (nSPS) is 7.88. The van der Waals surface area contributed by atoms with Crippen molar-refractivity contribution in [2.45, 2.75) is 88.0 Å². The molecular weight excluding hydrogens is 328 g/mol. The second kappa shape index (κ2) is 64.3. The molecule has 0 spiro atoms. The second-order valence-electron chi connectivity index (χ2n) is 4.16. The molecule has 166 valence electrons. The Bertz CT molecular complexity index is 152. The van der Waals surface area contributed by atoms with Crippen molar-refractivity contribution in [1.29, 1.82) is 0 Å². The maximum Gasteiger partial charge on any atom is 0.145 e. The van der Waals surface area contributed by atoms with Crippen molar-refractivity contribution in [2.75, 3.05) is 46.6 Å². The minimum absolute atomic E-state index is 0. The molecule has 0 rings (SSSR count). The highest BCUT2D eigenvalue weighted by atomic mass is 16.5. The summed E-state index contributed by atoms with van der Waals surface area (Å²) in [7, 11) is 1.98. The minimum atomic E-state index is 0. The summed E-state index contributed by atoms with van der Waals surface area (Å²) in [4.78, 5) is 9.69. The van der Waals surface area contributed by atoms with Gasteiger partial charge in [0.1, 0.15) is 12.9 Å². The van der Waals surface area contributed by atoms with E-state index in [1.54, 1.807) is 0 Å². The lowest BCUT2D eigenvalue weighted by molar-refractivity contribution is -0.111. The zero-order valence-electron chi connectivity index (χ0n) is 18.7. The van der Waals surface area contributed by atoms with Crippen LogP contribution in [0.3, 0.4) is 0 Å². The Kier molecular flexibility index (Phi) is 99.6. The fourth-order valence-electron chi connectivity index (χ4n) is 1.23. The number of nitrogens with one attached hydrogen (secondary N) is 1. The molecule has 5 nitrogen and oxygen atoms in total. The predicted octanol–water partition coefficient (Wildman–Crippen LogP) is 5.07. The highest BCUT2D eigenvalue weighted by Crippen LogP contribution is 1.89.